The molecule has 2 heterocycles. The van der Waals surface area contributed by atoms with Crippen LogP contribution in [-0.2, 0) is 0 Å². The summed E-state index contributed by atoms with van der Waals surface area (Å²) in [4.78, 5) is 31.3. The predicted octanol–water partition coefficient (Wildman–Crippen LogP) is 3.97. The average molecular weight is 357 g/mol. The Morgan fingerprint density at radius 1 is 0.926 bits per heavy atom. The van der Waals surface area contributed by atoms with Crippen molar-refractivity contribution in [1.29, 1.82) is 0 Å². The highest BCUT2D eigenvalue weighted by molar-refractivity contribution is 6.05. The molecule has 6 heteroatoms. The zero-order valence-corrected chi connectivity index (χ0v) is 14.2. The quantitative estimate of drug-likeness (QED) is 0.579. The molecule has 0 spiro atoms. The summed E-state index contributed by atoms with van der Waals surface area (Å²) in [6.45, 7) is 0. The molecule has 1 amide bonds. The lowest BCUT2D eigenvalue weighted by atomic mass is 10.1. The first-order valence-corrected chi connectivity index (χ1v) is 8.30. The van der Waals surface area contributed by atoms with Gasteiger partial charge in [-0.25, -0.2) is 0 Å². The summed E-state index contributed by atoms with van der Waals surface area (Å²) in [6.07, 6.45) is 3.29. The van der Waals surface area contributed by atoms with E-state index in [0.717, 1.165) is 5.39 Å². The number of para-hydroxylation sites is 1. The molecule has 0 atom stereocenters. The fourth-order valence-electron chi connectivity index (χ4n) is 2.66. The Morgan fingerprint density at radius 3 is 2.41 bits per heavy atom. The van der Waals surface area contributed by atoms with Gasteiger partial charge in [-0.3, -0.25) is 14.6 Å². The van der Waals surface area contributed by atoms with E-state index in [4.69, 9.17) is 4.74 Å². The molecule has 132 valence electrons. The maximum Gasteiger partial charge on any atom is 0.261 e. The maximum atomic E-state index is 12.5. The summed E-state index contributed by atoms with van der Waals surface area (Å²) in [6, 6.07) is 19.3. The van der Waals surface area contributed by atoms with Crippen molar-refractivity contribution in [3.63, 3.8) is 0 Å². The Bertz CT molecular complexity index is 1150. The fourth-order valence-corrected chi connectivity index (χ4v) is 2.66. The van der Waals surface area contributed by atoms with Crippen molar-refractivity contribution in [1.82, 2.24) is 9.97 Å². The van der Waals surface area contributed by atoms with Gasteiger partial charge >= 0.3 is 0 Å². The van der Waals surface area contributed by atoms with E-state index in [1.807, 2.05) is 18.2 Å². The van der Waals surface area contributed by atoms with E-state index >= 15 is 0 Å². The molecule has 0 saturated carbocycles. The zero-order valence-electron chi connectivity index (χ0n) is 14.2. The monoisotopic (exact) mass is 357 g/mol. The van der Waals surface area contributed by atoms with Crippen LogP contribution in [0.5, 0.6) is 11.5 Å². The second-order valence-corrected chi connectivity index (χ2v) is 5.86. The van der Waals surface area contributed by atoms with Gasteiger partial charge in [-0.15, -0.1) is 0 Å². The molecule has 2 aromatic heterocycles. The number of amides is 1. The molecule has 0 unspecified atom stereocenters. The molecule has 0 bridgehead atoms. The van der Waals surface area contributed by atoms with Gasteiger partial charge in [0.2, 0.25) is 0 Å². The lowest BCUT2D eigenvalue weighted by Gasteiger charge is -2.08. The molecule has 0 aliphatic carbocycles. The Morgan fingerprint density at radius 2 is 1.63 bits per heavy atom. The number of nitrogens with zero attached hydrogens (tertiary/aromatic N) is 1. The molecular weight excluding hydrogens is 342 g/mol. The Labute approximate surface area is 154 Å². The van der Waals surface area contributed by atoms with Crippen LogP contribution in [0, 0.1) is 0 Å². The van der Waals surface area contributed by atoms with Crippen molar-refractivity contribution < 1.29 is 9.53 Å². The Kier molecular flexibility index (Phi) is 4.37. The van der Waals surface area contributed by atoms with Crippen molar-refractivity contribution in [2.75, 3.05) is 5.32 Å². The maximum absolute atomic E-state index is 12.5. The van der Waals surface area contributed by atoms with E-state index < -0.39 is 11.5 Å². The Hall–Kier alpha value is -3.93. The van der Waals surface area contributed by atoms with Crippen LogP contribution >= 0.6 is 0 Å². The minimum absolute atomic E-state index is 0.0609. The minimum Gasteiger partial charge on any atom is -0.457 e. The predicted molar refractivity (Wildman–Crippen MR) is 103 cm³/mol. The number of H-pyrrole nitrogens is 1. The number of fused-ring (bicyclic) bond motifs is 1. The highest BCUT2D eigenvalue weighted by Crippen LogP contribution is 2.22. The lowest BCUT2D eigenvalue weighted by Crippen LogP contribution is -2.22. The summed E-state index contributed by atoms with van der Waals surface area (Å²) in [5.41, 5.74) is 0.890. The van der Waals surface area contributed by atoms with Gasteiger partial charge in [0.1, 0.15) is 17.1 Å². The van der Waals surface area contributed by atoms with Crippen LogP contribution in [-0.4, -0.2) is 15.9 Å². The van der Waals surface area contributed by atoms with Crippen molar-refractivity contribution in [3.05, 3.63) is 95.0 Å². The summed E-state index contributed by atoms with van der Waals surface area (Å²) >= 11 is 0. The summed E-state index contributed by atoms with van der Waals surface area (Å²) in [5.74, 6) is 0.831. The van der Waals surface area contributed by atoms with E-state index in [-0.39, 0.29) is 5.56 Å². The van der Waals surface area contributed by atoms with E-state index in [0.29, 0.717) is 22.7 Å². The van der Waals surface area contributed by atoms with Crippen LogP contribution in [0.25, 0.3) is 10.9 Å². The summed E-state index contributed by atoms with van der Waals surface area (Å²) < 4.78 is 5.68. The lowest BCUT2D eigenvalue weighted by molar-refractivity contribution is 0.102. The zero-order chi connectivity index (χ0) is 18.6. The third kappa shape index (κ3) is 3.69. The minimum atomic E-state index is -0.468. The van der Waals surface area contributed by atoms with E-state index in [1.165, 1.54) is 0 Å². The summed E-state index contributed by atoms with van der Waals surface area (Å²) in [5, 5.41) is 3.53. The van der Waals surface area contributed by atoms with Crippen LogP contribution in [0.1, 0.15) is 10.4 Å². The number of aromatic nitrogens is 2. The number of pyridine rings is 2. The molecule has 4 rings (SSSR count). The summed E-state index contributed by atoms with van der Waals surface area (Å²) in [7, 11) is 0. The molecule has 2 N–H and O–H groups in total. The number of hydrogen-bond donors (Lipinski definition) is 2. The molecule has 2 aromatic carbocycles. The Balaban J connectivity index is 1.51. The molecule has 27 heavy (non-hydrogen) atoms. The number of hydrogen-bond acceptors (Lipinski definition) is 4. The number of rotatable bonds is 4. The largest absolute Gasteiger partial charge is 0.457 e. The van der Waals surface area contributed by atoms with Gasteiger partial charge in [-0.05, 0) is 53.9 Å². The van der Waals surface area contributed by atoms with E-state index in [2.05, 4.69) is 15.3 Å². The molecule has 0 radical (unpaired) electrons. The topological polar surface area (TPSA) is 84.1 Å². The van der Waals surface area contributed by atoms with Gasteiger partial charge in [0.25, 0.3) is 11.5 Å². The fraction of sp³-hybridized carbons (Fsp3) is 0. The highest BCUT2D eigenvalue weighted by Gasteiger charge is 2.12. The molecular formula is C21H15N3O3. The number of carbonyl (C=O) groups is 1. The normalized spacial score (nSPS) is 10.5. The van der Waals surface area contributed by atoms with E-state index in [9.17, 15) is 9.59 Å². The standard InChI is InChI=1S/C21H15N3O3/c25-20(18-13-14-3-1-2-4-19(14)24-21(18)26)23-15-5-7-16(8-6-15)27-17-9-11-22-12-10-17/h1-13H,(H,23,25)(H,24,26). The molecule has 0 aliphatic rings. The van der Waals surface area contributed by atoms with Crippen LogP contribution < -0.4 is 15.6 Å². The first-order valence-electron chi connectivity index (χ1n) is 8.30. The third-order valence-electron chi connectivity index (χ3n) is 4.00. The molecule has 4 aromatic rings. The number of anilines is 1. The van der Waals surface area contributed by atoms with Gasteiger partial charge in [-0.1, -0.05) is 18.2 Å². The third-order valence-corrected chi connectivity index (χ3v) is 4.00. The number of nitrogens with one attached hydrogen (secondary N) is 2. The smallest absolute Gasteiger partial charge is 0.261 e. The second-order valence-electron chi connectivity index (χ2n) is 5.86. The van der Waals surface area contributed by atoms with Crippen LogP contribution in [0.3, 0.4) is 0 Å². The van der Waals surface area contributed by atoms with Crippen LogP contribution in [0.15, 0.2) is 83.9 Å². The van der Waals surface area contributed by atoms with E-state index in [1.54, 1.807) is 60.9 Å². The first kappa shape index (κ1) is 16.5. The van der Waals surface area contributed by atoms with Crippen molar-refractivity contribution >= 4 is 22.5 Å². The van der Waals surface area contributed by atoms with Gasteiger partial charge in [-0.2, -0.15) is 0 Å². The second kappa shape index (κ2) is 7.13. The van der Waals surface area contributed by atoms with Gasteiger partial charge in [0.05, 0.1) is 0 Å². The van der Waals surface area contributed by atoms with Gasteiger partial charge < -0.3 is 15.0 Å². The molecule has 0 saturated heterocycles. The van der Waals surface area contributed by atoms with Crippen molar-refractivity contribution in [2.24, 2.45) is 0 Å². The van der Waals surface area contributed by atoms with Crippen molar-refractivity contribution in [3.8, 4) is 11.5 Å². The average Bonchev–Trinajstić information content (AvgIpc) is 2.69. The number of carbonyl (C=O) groups excluding carboxylic acids is 1. The number of aromatic amines is 1. The number of ether oxygens (including phenoxy) is 1. The van der Waals surface area contributed by atoms with Gasteiger partial charge in [0, 0.05) is 23.6 Å². The molecule has 0 aliphatic heterocycles. The number of benzene rings is 2. The van der Waals surface area contributed by atoms with Crippen LogP contribution in [0.4, 0.5) is 5.69 Å². The molecule has 0 fully saturated rings. The van der Waals surface area contributed by atoms with Crippen molar-refractivity contribution in [2.45, 2.75) is 0 Å². The van der Waals surface area contributed by atoms with Gasteiger partial charge in [0.15, 0.2) is 0 Å². The highest BCUT2D eigenvalue weighted by atomic mass is 16.5. The first-order chi connectivity index (χ1) is 13.2. The molecule has 6 nitrogen and oxygen atoms in total. The SMILES string of the molecule is O=C(Nc1ccc(Oc2ccncc2)cc1)c1cc2ccccc2[nH]c1=O. The van der Waals surface area contributed by atoms with Crippen LogP contribution in [0.2, 0.25) is 0 Å².